The van der Waals surface area contributed by atoms with E-state index in [1.165, 1.54) is 18.4 Å². The second kappa shape index (κ2) is 6.83. The van der Waals surface area contributed by atoms with E-state index in [2.05, 4.69) is 57.9 Å². The van der Waals surface area contributed by atoms with Gasteiger partial charge in [-0.25, -0.2) is 0 Å². The van der Waals surface area contributed by atoms with Crippen LogP contribution in [0.4, 0.5) is 0 Å². The zero-order chi connectivity index (χ0) is 14.5. The van der Waals surface area contributed by atoms with Gasteiger partial charge >= 0.3 is 0 Å². The summed E-state index contributed by atoms with van der Waals surface area (Å²) in [7, 11) is 2.14. The van der Waals surface area contributed by atoms with E-state index >= 15 is 0 Å². The van der Waals surface area contributed by atoms with Crippen LogP contribution in [0.3, 0.4) is 0 Å². The van der Waals surface area contributed by atoms with Gasteiger partial charge in [0, 0.05) is 31.9 Å². The molecule has 0 aliphatic heterocycles. The van der Waals surface area contributed by atoms with E-state index < -0.39 is 0 Å². The summed E-state index contributed by atoms with van der Waals surface area (Å²) < 4.78 is 1.94. The number of likely N-dealkylation sites (N-methyl/N-ethyl adjacent to an activating group) is 1. The third-order valence-electron chi connectivity index (χ3n) is 3.74. The van der Waals surface area contributed by atoms with Crippen LogP contribution in [-0.4, -0.2) is 39.5 Å². The zero-order valence-electron chi connectivity index (χ0n) is 12.6. The predicted octanol–water partition coefficient (Wildman–Crippen LogP) is 1.66. The van der Waals surface area contributed by atoms with Crippen molar-refractivity contribution >= 4 is 0 Å². The molecule has 1 aromatic heterocycles. The number of nitrogens with one attached hydrogen (secondary N) is 1. The molecular weight excluding hydrogens is 262 g/mol. The molecule has 1 heterocycles. The summed E-state index contributed by atoms with van der Waals surface area (Å²) in [5.41, 5.74) is 2.38. The smallest absolute Gasteiger partial charge is 0.0964 e. The van der Waals surface area contributed by atoms with Crippen molar-refractivity contribution in [1.29, 1.82) is 0 Å². The minimum Gasteiger partial charge on any atom is -0.308 e. The average molecular weight is 285 g/mol. The molecule has 0 saturated heterocycles. The van der Waals surface area contributed by atoms with E-state index in [0.29, 0.717) is 6.04 Å². The fourth-order valence-corrected chi connectivity index (χ4v) is 2.31. The van der Waals surface area contributed by atoms with Gasteiger partial charge in [0.05, 0.1) is 12.2 Å². The zero-order valence-corrected chi connectivity index (χ0v) is 12.6. The van der Waals surface area contributed by atoms with E-state index in [9.17, 15) is 0 Å². The Hall–Kier alpha value is -1.72. The molecule has 0 unspecified atom stereocenters. The Morgan fingerprint density at radius 3 is 2.86 bits per heavy atom. The highest BCUT2D eigenvalue weighted by Gasteiger charge is 2.20. The first kappa shape index (κ1) is 14.2. The minimum atomic E-state index is 0.715. The maximum Gasteiger partial charge on any atom is 0.0964 e. The van der Waals surface area contributed by atoms with Crippen LogP contribution in [0.15, 0.2) is 36.5 Å². The molecule has 112 valence electrons. The maximum atomic E-state index is 4.21. The Balaban J connectivity index is 1.41. The highest BCUT2D eigenvalue weighted by Crippen LogP contribution is 2.18. The lowest BCUT2D eigenvalue weighted by Crippen LogP contribution is -2.23. The van der Waals surface area contributed by atoms with Crippen molar-refractivity contribution in [2.24, 2.45) is 0 Å². The molecule has 1 N–H and O–H groups in total. The second-order valence-electron chi connectivity index (χ2n) is 5.85. The van der Waals surface area contributed by atoms with Crippen LogP contribution in [0, 0.1) is 0 Å². The quantitative estimate of drug-likeness (QED) is 0.801. The standard InChI is InChI=1S/C16H23N5/c1-20(12-14-5-3-2-4-6-14)9-10-21-13-16(18-19-21)11-17-15-7-8-15/h2-6,13,15,17H,7-12H2,1H3. The Kier molecular flexibility index (Phi) is 4.62. The fraction of sp³-hybridized carbons (Fsp3) is 0.500. The molecule has 1 aromatic carbocycles. The summed E-state index contributed by atoms with van der Waals surface area (Å²) in [4.78, 5) is 2.30. The fourth-order valence-electron chi connectivity index (χ4n) is 2.31. The summed E-state index contributed by atoms with van der Waals surface area (Å²) in [6, 6.07) is 11.3. The largest absolute Gasteiger partial charge is 0.308 e. The van der Waals surface area contributed by atoms with Crippen molar-refractivity contribution in [2.75, 3.05) is 13.6 Å². The van der Waals surface area contributed by atoms with Crippen LogP contribution in [0.5, 0.6) is 0 Å². The lowest BCUT2D eigenvalue weighted by Gasteiger charge is -2.16. The SMILES string of the molecule is CN(CCn1cc(CNC2CC2)nn1)Cc1ccccc1. The summed E-state index contributed by atoms with van der Waals surface area (Å²) in [6.07, 6.45) is 4.66. The number of nitrogens with zero attached hydrogens (tertiary/aromatic N) is 4. The first-order valence-electron chi connectivity index (χ1n) is 7.64. The van der Waals surface area contributed by atoms with Gasteiger partial charge < -0.3 is 10.2 Å². The van der Waals surface area contributed by atoms with Gasteiger partial charge in [-0.2, -0.15) is 0 Å². The molecule has 0 amide bonds. The molecule has 21 heavy (non-hydrogen) atoms. The van der Waals surface area contributed by atoms with E-state index in [1.54, 1.807) is 0 Å². The molecule has 1 saturated carbocycles. The van der Waals surface area contributed by atoms with Gasteiger partial charge in [-0.15, -0.1) is 5.10 Å². The molecule has 1 fully saturated rings. The molecule has 0 atom stereocenters. The minimum absolute atomic E-state index is 0.715. The van der Waals surface area contributed by atoms with Crippen LogP contribution >= 0.6 is 0 Å². The lowest BCUT2D eigenvalue weighted by molar-refractivity contribution is 0.304. The number of aromatic nitrogens is 3. The predicted molar refractivity (Wildman–Crippen MR) is 82.7 cm³/mol. The van der Waals surface area contributed by atoms with Crippen LogP contribution in [0.25, 0.3) is 0 Å². The van der Waals surface area contributed by atoms with Crippen molar-refractivity contribution in [2.45, 2.75) is 38.5 Å². The van der Waals surface area contributed by atoms with E-state index in [-0.39, 0.29) is 0 Å². The van der Waals surface area contributed by atoms with E-state index in [4.69, 9.17) is 0 Å². The van der Waals surface area contributed by atoms with Gasteiger partial charge in [0.2, 0.25) is 0 Å². The molecule has 5 nitrogen and oxygen atoms in total. The summed E-state index contributed by atoms with van der Waals surface area (Å²) in [6.45, 7) is 3.64. The number of benzene rings is 1. The Labute approximate surface area is 126 Å². The van der Waals surface area contributed by atoms with Gasteiger partial charge in [0.1, 0.15) is 0 Å². The Morgan fingerprint density at radius 1 is 1.29 bits per heavy atom. The molecular formula is C16H23N5. The van der Waals surface area contributed by atoms with Gasteiger partial charge in [0.25, 0.3) is 0 Å². The Bertz CT molecular complexity index is 547. The van der Waals surface area contributed by atoms with Crippen LogP contribution < -0.4 is 5.32 Å². The Morgan fingerprint density at radius 2 is 2.10 bits per heavy atom. The monoisotopic (exact) mass is 285 g/mol. The van der Waals surface area contributed by atoms with E-state index in [0.717, 1.165) is 31.9 Å². The van der Waals surface area contributed by atoms with Crippen LogP contribution in [-0.2, 0) is 19.6 Å². The van der Waals surface area contributed by atoms with Gasteiger partial charge in [-0.3, -0.25) is 4.68 Å². The number of hydrogen-bond acceptors (Lipinski definition) is 4. The van der Waals surface area contributed by atoms with Gasteiger partial charge in [0.15, 0.2) is 0 Å². The van der Waals surface area contributed by atoms with Crippen molar-refractivity contribution in [3.63, 3.8) is 0 Å². The van der Waals surface area contributed by atoms with Crippen molar-refractivity contribution < 1.29 is 0 Å². The third kappa shape index (κ3) is 4.65. The topological polar surface area (TPSA) is 46.0 Å². The summed E-state index contributed by atoms with van der Waals surface area (Å²) >= 11 is 0. The normalized spacial score (nSPS) is 14.8. The van der Waals surface area contributed by atoms with Gasteiger partial charge in [-0.1, -0.05) is 35.5 Å². The third-order valence-corrected chi connectivity index (χ3v) is 3.74. The van der Waals surface area contributed by atoms with Crippen molar-refractivity contribution in [3.05, 3.63) is 47.8 Å². The number of rotatable bonds is 8. The highest BCUT2D eigenvalue weighted by molar-refractivity contribution is 5.14. The molecule has 1 aliphatic rings. The molecule has 3 rings (SSSR count). The van der Waals surface area contributed by atoms with Crippen molar-refractivity contribution in [1.82, 2.24) is 25.2 Å². The number of hydrogen-bond donors (Lipinski definition) is 1. The summed E-state index contributed by atoms with van der Waals surface area (Å²) in [5, 5.41) is 11.9. The van der Waals surface area contributed by atoms with Crippen molar-refractivity contribution in [3.8, 4) is 0 Å². The second-order valence-corrected chi connectivity index (χ2v) is 5.85. The molecule has 0 spiro atoms. The first-order chi connectivity index (χ1) is 10.3. The highest BCUT2D eigenvalue weighted by atomic mass is 15.4. The van der Waals surface area contributed by atoms with E-state index in [1.807, 2.05) is 10.9 Å². The average Bonchev–Trinajstić information content (AvgIpc) is 3.22. The maximum absolute atomic E-state index is 4.21. The van der Waals surface area contributed by atoms with Gasteiger partial charge in [-0.05, 0) is 25.5 Å². The summed E-state index contributed by atoms with van der Waals surface area (Å²) in [5.74, 6) is 0. The lowest BCUT2D eigenvalue weighted by atomic mass is 10.2. The molecule has 2 aromatic rings. The molecule has 0 radical (unpaired) electrons. The molecule has 1 aliphatic carbocycles. The van der Waals surface area contributed by atoms with Crippen LogP contribution in [0.2, 0.25) is 0 Å². The van der Waals surface area contributed by atoms with Crippen LogP contribution in [0.1, 0.15) is 24.1 Å². The molecule has 5 heteroatoms. The molecule has 0 bridgehead atoms. The first-order valence-corrected chi connectivity index (χ1v) is 7.64.